The van der Waals surface area contributed by atoms with E-state index in [2.05, 4.69) is 10.6 Å². The number of hydrogen-bond acceptors (Lipinski definition) is 4. The predicted octanol–water partition coefficient (Wildman–Crippen LogP) is 4.09. The second kappa shape index (κ2) is 9.73. The van der Waals surface area contributed by atoms with Gasteiger partial charge in [-0.2, -0.15) is 0 Å². The number of nitrogens with zero attached hydrogens (tertiary/aromatic N) is 2. The molecular formula is C29H32F2N4O4. The summed E-state index contributed by atoms with van der Waals surface area (Å²) < 4.78 is 28.1. The molecule has 1 aliphatic carbocycles. The monoisotopic (exact) mass is 538 g/mol. The summed E-state index contributed by atoms with van der Waals surface area (Å²) in [5, 5.41) is 5.21. The van der Waals surface area contributed by atoms with Crippen LogP contribution in [0.2, 0.25) is 0 Å². The molecule has 0 aromatic heterocycles. The highest BCUT2D eigenvalue weighted by Crippen LogP contribution is 2.45. The van der Waals surface area contributed by atoms with Gasteiger partial charge < -0.3 is 15.1 Å². The first kappa shape index (κ1) is 26.8. The highest BCUT2D eigenvalue weighted by Gasteiger charge is 2.54. The number of urea groups is 1. The van der Waals surface area contributed by atoms with E-state index in [0.29, 0.717) is 49.8 Å². The lowest BCUT2D eigenvalue weighted by molar-refractivity contribution is -0.153. The smallest absolute Gasteiger partial charge is 0.324 e. The molecule has 2 heterocycles. The van der Waals surface area contributed by atoms with E-state index < -0.39 is 40.6 Å². The van der Waals surface area contributed by atoms with Gasteiger partial charge in [0.2, 0.25) is 11.8 Å². The van der Waals surface area contributed by atoms with Gasteiger partial charge >= 0.3 is 6.03 Å². The van der Waals surface area contributed by atoms with E-state index in [0.717, 1.165) is 17.2 Å². The Labute approximate surface area is 225 Å². The number of imide groups is 1. The topological polar surface area (TPSA) is 98.8 Å². The number of amides is 5. The number of fused-ring (bicyclic) bond motifs is 1. The van der Waals surface area contributed by atoms with E-state index in [1.165, 1.54) is 21.9 Å². The largest absolute Gasteiger partial charge is 0.326 e. The molecule has 8 nitrogen and oxygen atoms in total. The molecule has 3 aliphatic rings. The van der Waals surface area contributed by atoms with Crippen LogP contribution in [0.4, 0.5) is 19.3 Å². The molecule has 2 atom stereocenters. The van der Waals surface area contributed by atoms with Crippen LogP contribution in [0, 0.1) is 17.0 Å². The molecule has 10 heteroatoms. The van der Waals surface area contributed by atoms with E-state index in [1.54, 1.807) is 19.2 Å². The van der Waals surface area contributed by atoms with Crippen LogP contribution in [-0.2, 0) is 27.2 Å². The molecular weight excluding hydrogens is 506 g/mol. The third kappa shape index (κ3) is 4.45. The number of likely N-dealkylation sites (tertiary alicyclic amines) is 1. The Morgan fingerprint density at radius 2 is 1.69 bits per heavy atom. The molecule has 5 amide bonds. The SMILES string of the molecule is CCC1(CC)CC[C@@H](c2cc(F)cc(F)c2)N(CC(=O)Nc2ccc3c(c2)C[C@@]2(C3)C(=O)NC(=O)N2C)C1=O. The summed E-state index contributed by atoms with van der Waals surface area (Å²) in [4.78, 5) is 54.5. The number of carbonyl (C=O) groups excluding carboxylic acids is 4. The number of rotatable bonds is 6. The van der Waals surface area contributed by atoms with E-state index in [1.807, 2.05) is 19.9 Å². The molecule has 2 aromatic rings. The number of halogens is 2. The van der Waals surface area contributed by atoms with Crippen LogP contribution in [0.5, 0.6) is 0 Å². The summed E-state index contributed by atoms with van der Waals surface area (Å²) in [6.07, 6.45) is 2.96. The van der Waals surface area contributed by atoms with Crippen molar-refractivity contribution in [3.8, 4) is 0 Å². The quantitative estimate of drug-likeness (QED) is 0.542. The number of anilines is 1. The first-order chi connectivity index (χ1) is 18.5. The van der Waals surface area contributed by atoms with Crippen LogP contribution < -0.4 is 10.6 Å². The van der Waals surface area contributed by atoms with Gasteiger partial charge in [0.15, 0.2) is 0 Å². The number of carbonyl (C=O) groups is 4. The van der Waals surface area contributed by atoms with E-state index >= 15 is 0 Å². The third-order valence-electron chi connectivity index (χ3n) is 8.97. The molecule has 206 valence electrons. The van der Waals surface area contributed by atoms with Crippen molar-refractivity contribution in [2.24, 2.45) is 5.41 Å². The molecule has 2 N–H and O–H groups in total. The highest BCUT2D eigenvalue weighted by atomic mass is 19.1. The molecule has 2 aliphatic heterocycles. The molecule has 5 rings (SSSR count). The van der Waals surface area contributed by atoms with Gasteiger partial charge in [-0.05, 0) is 66.6 Å². The van der Waals surface area contributed by atoms with Gasteiger partial charge in [-0.25, -0.2) is 13.6 Å². The summed E-state index contributed by atoms with van der Waals surface area (Å²) in [5.41, 5.74) is 0.987. The zero-order valence-corrected chi connectivity index (χ0v) is 22.3. The standard InChI is InChI=1S/C29H32F2N4O4/c1-4-28(5-2)9-8-23(18-10-20(30)13-21(31)11-18)35(26(28)38)16-24(36)32-22-7-6-17-14-29(15-19(17)12-22)25(37)33-27(39)34(29)3/h6-7,10-13,23H,4-5,8-9,14-16H2,1-3H3,(H,32,36)(H,33,37,39)/t23-,29-/m0/s1. The first-order valence-corrected chi connectivity index (χ1v) is 13.3. The molecule has 0 unspecified atom stereocenters. The lowest BCUT2D eigenvalue weighted by Crippen LogP contribution is -2.52. The Balaban J connectivity index is 1.37. The lowest BCUT2D eigenvalue weighted by Gasteiger charge is -2.45. The number of benzene rings is 2. The van der Waals surface area contributed by atoms with Crippen molar-refractivity contribution in [2.75, 3.05) is 18.9 Å². The minimum absolute atomic E-state index is 0.195. The van der Waals surface area contributed by atoms with Crippen LogP contribution in [0.1, 0.15) is 62.3 Å². The first-order valence-electron chi connectivity index (χ1n) is 13.3. The van der Waals surface area contributed by atoms with Crippen molar-refractivity contribution >= 4 is 29.4 Å². The number of likely N-dealkylation sites (N-methyl/N-ethyl adjacent to an activating group) is 1. The van der Waals surface area contributed by atoms with Crippen molar-refractivity contribution in [3.63, 3.8) is 0 Å². The van der Waals surface area contributed by atoms with Crippen LogP contribution in [0.25, 0.3) is 0 Å². The van der Waals surface area contributed by atoms with Gasteiger partial charge in [-0.1, -0.05) is 19.9 Å². The minimum atomic E-state index is -0.973. The molecule has 2 fully saturated rings. The molecule has 0 bridgehead atoms. The van der Waals surface area contributed by atoms with Crippen molar-refractivity contribution in [1.29, 1.82) is 0 Å². The molecule has 2 aromatic carbocycles. The van der Waals surface area contributed by atoms with Crippen LogP contribution in [0.3, 0.4) is 0 Å². The Morgan fingerprint density at radius 3 is 2.31 bits per heavy atom. The maximum absolute atomic E-state index is 14.1. The lowest BCUT2D eigenvalue weighted by atomic mass is 9.72. The van der Waals surface area contributed by atoms with Gasteiger partial charge in [0.1, 0.15) is 23.7 Å². The van der Waals surface area contributed by atoms with Crippen LogP contribution >= 0.6 is 0 Å². The second-order valence-electron chi connectivity index (χ2n) is 10.9. The van der Waals surface area contributed by atoms with Gasteiger partial charge in [0.05, 0.1) is 6.04 Å². The third-order valence-corrected chi connectivity index (χ3v) is 8.97. The normalized spacial score (nSPS) is 23.8. The summed E-state index contributed by atoms with van der Waals surface area (Å²) in [5.74, 6) is -2.44. The Morgan fingerprint density at radius 1 is 1.03 bits per heavy atom. The van der Waals surface area contributed by atoms with Crippen molar-refractivity contribution in [2.45, 2.75) is 64.0 Å². The zero-order chi connectivity index (χ0) is 28.1. The fourth-order valence-corrected chi connectivity index (χ4v) is 6.45. The van der Waals surface area contributed by atoms with Crippen LogP contribution in [0.15, 0.2) is 36.4 Å². The summed E-state index contributed by atoms with van der Waals surface area (Å²) >= 11 is 0. The van der Waals surface area contributed by atoms with E-state index in [4.69, 9.17) is 0 Å². The summed E-state index contributed by atoms with van der Waals surface area (Å²) in [7, 11) is 1.60. The van der Waals surface area contributed by atoms with E-state index in [9.17, 15) is 28.0 Å². The average molecular weight is 539 g/mol. The molecule has 0 saturated carbocycles. The fourth-order valence-electron chi connectivity index (χ4n) is 6.45. The predicted molar refractivity (Wildman–Crippen MR) is 140 cm³/mol. The second-order valence-corrected chi connectivity index (χ2v) is 10.9. The maximum Gasteiger partial charge on any atom is 0.324 e. The maximum atomic E-state index is 14.1. The average Bonchev–Trinajstić information content (AvgIpc) is 3.37. The van der Waals surface area contributed by atoms with Crippen LogP contribution in [-0.4, -0.2) is 52.7 Å². The van der Waals surface area contributed by atoms with E-state index in [-0.39, 0.29) is 18.4 Å². The molecule has 39 heavy (non-hydrogen) atoms. The van der Waals surface area contributed by atoms with Crippen molar-refractivity contribution in [3.05, 3.63) is 64.7 Å². The Hall–Kier alpha value is -3.82. The van der Waals surface area contributed by atoms with Gasteiger partial charge in [0, 0.05) is 37.1 Å². The number of piperidine rings is 1. The molecule has 1 spiro atoms. The van der Waals surface area contributed by atoms with Crippen molar-refractivity contribution in [1.82, 2.24) is 15.1 Å². The minimum Gasteiger partial charge on any atom is -0.326 e. The number of nitrogens with one attached hydrogen (secondary N) is 2. The van der Waals surface area contributed by atoms with Gasteiger partial charge in [-0.15, -0.1) is 0 Å². The summed E-state index contributed by atoms with van der Waals surface area (Å²) in [6.45, 7) is 3.60. The Kier molecular flexibility index (Phi) is 6.68. The Bertz CT molecular complexity index is 1350. The zero-order valence-electron chi connectivity index (χ0n) is 22.3. The summed E-state index contributed by atoms with van der Waals surface area (Å²) in [6, 6.07) is 7.49. The highest BCUT2D eigenvalue weighted by molar-refractivity contribution is 6.07. The van der Waals surface area contributed by atoms with Gasteiger partial charge in [-0.3, -0.25) is 19.7 Å². The van der Waals surface area contributed by atoms with Gasteiger partial charge in [0.25, 0.3) is 5.91 Å². The molecule has 2 saturated heterocycles. The number of hydrogen-bond donors (Lipinski definition) is 2. The molecule has 0 radical (unpaired) electrons. The fraction of sp³-hybridized carbons (Fsp3) is 0.448. The van der Waals surface area contributed by atoms with Crippen molar-refractivity contribution < 1.29 is 28.0 Å².